The molecule has 13 heteroatoms. The van der Waals surface area contributed by atoms with Crippen LogP contribution in [0.5, 0.6) is 11.5 Å². The Morgan fingerprint density at radius 2 is 1.74 bits per heavy atom. The molecule has 0 heterocycles. The molecular formula is C25H31CuN4O7S-. The largest absolute Gasteiger partial charge is 0.545 e. The first-order chi connectivity index (χ1) is 17.2. The maximum atomic E-state index is 12.5. The first-order valence-electron chi connectivity index (χ1n) is 11.2. The van der Waals surface area contributed by atoms with Crippen molar-refractivity contribution in [3.05, 3.63) is 54.1 Å². The van der Waals surface area contributed by atoms with E-state index in [9.17, 15) is 28.5 Å². The molecule has 38 heavy (non-hydrogen) atoms. The molecule has 0 aliphatic carbocycles. The van der Waals surface area contributed by atoms with Gasteiger partial charge >= 0.3 is 0 Å². The second-order valence-corrected chi connectivity index (χ2v) is 10.9. The van der Waals surface area contributed by atoms with Crippen molar-refractivity contribution >= 4 is 38.1 Å². The van der Waals surface area contributed by atoms with Gasteiger partial charge in [-0.1, -0.05) is 24.3 Å². The minimum absolute atomic E-state index is 0. The second kappa shape index (κ2) is 14.2. The zero-order chi connectivity index (χ0) is 27.8. The fourth-order valence-corrected chi connectivity index (χ4v) is 4.03. The number of nitrogens with zero attached hydrogens (tertiary/aromatic N) is 2. The maximum absolute atomic E-state index is 12.5. The van der Waals surface area contributed by atoms with Crippen molar-refractivity contribution in [3.63, 3.8) is 0 Å². The number of hydrogen-bond acceptors (Lipinski definition) is 10. The predicted octanol–water partition coefficient (Wildman–Crippen LogP) is 3.09. The number of carboxylic acid groups (broad SMARTS) is 1. The van der Waals surface area contributed by atoms with E-state index in [1.165, 1.54) is 19.2 Å². The molecule has 0 aromatic heterocycles. The molecule has 0 aliphatic heterocycles. The monoisotopic (exact) mass is 594 g/mol. The molecule has 0 saturated carbocycles. The Labute approximate surface area is 232 Å². The van der Waals surface area contributed by atoms with E-state index in [2.05, 4.69) is 15.0 Å². The summed E-state index contributed by atoms with van der Waals surface area (Å²) in [7, 11) is -2.37. The summed E-state index contributed by atoms with van der Waals surface area (Å²) in [4.78, 5) is 11.2. The minimum atomic E-state index is -3.88. The number of phenolic OH excluding ortho intramolecular Hbond substituents is 1. The molecule has 1 radical (unpaired) electrons. The van der Waals surface area contributed by atoms with Gasteiger partial charge in [-0.25, -0.2) is 13.1 Å². The standard InChI is InChI=1S/C21H21N3O7S.C4H11N.Cu/c1-31-10-4-9-22-32(29,30)14-7-8-18(25)17(12-14)23-24-19-15-6-3-2-5-13(15)11-16(20(19)26)21(27)28;1-4(2,3)5;/h2-3,5-8,11-12,22,25-26H,4,9-10H2,1H3,(H,27,28);5H2,1-3H3;/p-1. The number of carboxylic acids is 1. The third-order valence-electron chi connectivity index (χ3n) is 4.55. The number of phenols is 2. The van der Waals surface area contributed by atoms with E-state index in [4.69, 9.17) is 10.5 Å². The Balaban J connectivity index is 0.00000110. The molecule has 211 valence electrons. The Morgan fingerprint density at radius 1 is 1.11 bits per heavy atom. The smallest absolute Gasteiger partial charge is 0.240 e. The van der Waals surface area contributed by atoms with Crippen molar-refractivity contribution in [2.24, 2.45) is 16.0 Å². The van der Waals surface area contributed by atoms with E-state index >= 15 is 0 Å². The molecule has 0 fully saturated rings. The molecule has 0 amide bonds. The predicted molar refractivity (Wildman–Crippen MR) is 138 cm³/mol. The number of hydrogen-bond donors (Lipinski definition) is 4. The average molecular weight is 595 g/mol. The van der Waals surface area contributed by atoms with Crippen molar-refractivity contribution in [2.45, 2.75) is 37.6 Å². The van der Waals surface area contributed by atoms with Gasteiger partial charge in [0.25, 0.3) is 0 Å². The van der Waals surface area contributed by atoms with Gasteiger partial charge in [-0.3, -0.25) is 0 Å². The van der Waals surface area contributed by atoms with Crippen LogP contribution in [-0.4, -0.2) is 50.4 Å². The van der Waals surface area contributed by atoms with Crippen molar-refractivity contribution < 1.29 is 50.3 Å². The van der Waals surface area contributed by atoms with Crippen molar-refractivity contribution in [1.82, 2.24) is 4.72 Å². The number of carbonyl (C=O) groups is 1. The summed E-state index contributed by atoms with van der Waals surface area (Å²) >= 11 is 0. The zero-order valence-electron chi connectivity index (χ0n) is 21.4. The summed E-state index contributed by atoms with van der Waals surface area (Å²) in [6, 6.07) is 11.3. The fraction of sp³-hybridized carbons (Fsp3) is 0.320. The second-order valence-electron chi connectivity index (χ2n) is 9.09. The van der Waals surface area contributed by atoms with Crippen LogP contribution in [0.15, 0.2) is 63.7 Å². The number of aromatic hydroxyl groups is 2. The quantitative estimate of drug-likeness (QED) is 0.165. The minimum Gasteiger partial charge on any atom is -0.545 e. The average Bonchev–Trinajstić information content (AvgIpc) is 2.80. The number of methoxy groups -OCH3 is 1. The summed E-state index contributed by atoms with van der Waals surface area (Å²) in [6.45, 7) is 6.44. The summed E-state index contributed by atoms with van der Waals surface area (Å²) in [6.07, 6.45) is 0.474. The van der Waals surface area contributed by atoms with Gasteiger partial charge in [0, 0.05) is 53.8 Å². The van der Waals surface area contributed by atoms with Crippen LogP contribution in [0.3, 0.4) is 0 Å². The van der Waals surface area contributed by atoms with E-state index in [0.717, 1.165) is 12.1 Å². The van der Waals surface area contributed by atoms with Gasteiger partial charge in [-0.2, -0.15) is 0 Å². The van der Waals surface area contributed by atoms with Crippen LogP contribution in [0.1, 0.15) is 37.6 Å². The number of nitrogens with two attached hydrogens (primary N) is 1. The molecule has 5 N–H and O–H groups in total. The Kier molecular flexibility index (Phi) is 12.3. The summed E-state index contributed by atoms with van der Waals surface area (Å²) in [5.41, 5.74) is 4.53. The topological polar surface area (TPSA) is 187 Å². The molecule has 0 atom stereocenters. The molecule has 0 bridgehead atoms. The van der Waals surface area contributed by atoms with Gasteiger partial charge in [-0.05, 0) is 56.8 Å². The first-order valence-corrected chi connectivity index (χ1v) is 12.7. The van der Waals surface area contributed by atoms with Crippen LogP contribution in [0.2, 0.25) is 0 Å². The number of nitrogens with one attached hydrogen (secondary N) is 1. The molecule has 3 aromatic carbocycles. The SMILES string of the molecule is CC(C)(C)N.COCCCNS(=O)(=O)c1ccc(O)c(N=Nc2c(O)c(C(=O)[O-])cc3ccccc23)c1.[Cu]. The van der Waals surface area contributed by atoms with Crippen LogP contribution < -0.4 is 15.6 Å². The van der Waals surface area contributed by atoms with Crippen molar-refractivity contribution in [3.8, 4) is 11.5 Å². The number of fused-ring (bicyclic) bond motifs is 1. The van der Waals surface area contributed by atoms with Crippen LogP contribution in [0.4, 0.5) is 11.4 Å². The number of azo groups is 1. The number of rotatable bonds is 9. The molecule has 0 saturated heterocycles. The fourth-order valence-electron chi connectivity index (χ4n) is 2.94. The molecule has 3 aromatic rings. The van der Waals surface area contributed by atoms with Crippen LogP contribution in [-0.2, 0) is 31.8 Å². The third kappa shape index (κ3) is 9.67. The summed E-state index contributed by atoms with van der Waals surface area (Å²) in [5, 5.41) is 40.5. The molecule has 0 unspecified atom stereocenters. The van der Waals surface area contributed by atoms with Crippen molar-refractivity contribution in [2.75, 3.05) is 20.3 Å². The van der Waals surface area contributed by atoms with Gasteiger partial charge in [0.2, 0.25) is 10.0 Å². The van der Waals surface area contributed by atoms with E-state index in [0.29, 0.717) is 23.8 Å². The number of sulfonamides is 1. The van der Waals surface area contributed by atoms with E-state index in [1.807, 2.05) is 20.8 Å². The Morgan fingerprint density at radius 3 is 2.34 bits per heavy atom. The van der Waals surface area contributed by atoms with E-state index < -0.39 is 27.3 Å². The van der Waals surface area contributed by atoms with Crippen LogP contribution in [0.25, 0.3) is 10.8 Å². The van der Waals surface area contributed by atoms with Gasteiger partial charge in [0.15, 0.2) is 5.75 Å². The van der Waals surface area contributed by atoms with E-state index in [-0.39, 0.29) is 51.2 Å². The maximum Gasteiger partial charge on any atom is 0.240 e. The van der Waals surface area contributed by atoms with Gasteiger partial charge in [-0.15, -0.1) is 10.2 Å². The molecule has 0 aliphatic rings. The summed E-state index contributed by atoms with van der Waals surface area (Å²) < 4.78 is 32.2. The van der Waals surface area contributed by atoms with E-state index in [1.54, 1.807) is 24.3 Å². The van der Waals surface area contributed by atoms with Gasteiger partial charge in [0.05, 0.1) is 10.9 Å². The Bertz CT molecular complexity index is 1380. The van der Waals surface area contributed by atoms with Gasteiger partial charge in [0.1, 0.15) is 17.1 Å². The molecule has 11 nitrogen and oxygen atoms in total. The number of carbonyl (C=O) groups excluding carboxylic acids is 1. The summed E-state index contributed by atoms with van der Waals surface area (Å²) in [5.74, 6) is -2.61. The number of ether oxygens (including phenoxy) is 1. The van der Waals surface area contributed by atoms with Gasteiger partial charge < -0.3 is 30.6 Å². The third-order valence-corrected chi connectivity index (χ3v) is 6.01. The molecule has 0 spiro atoms. The number of aromatic carboxylic acids is 1. The molecular weight excluding hydrogens is 564 g/mol. The first kappa shape index (κ1) is 33.0. The molecule has 3 rings (SSSR count). The zero-order valence-corrected chi connectivity index (χ0v) is 23.1. The normalized spacial score (nSPS) is 11.6. The van der Waals surface area contributed by atoms with Crippen molar-refractivity contribution in [1.29, 1.82) is 0 Å². The Hall–Kier alpha value is -3.06. The van der Waals surface area contributed by atoms with Crippen LogP contribution >= 0.6 is 0 Å². The number of benzene rings is 3. The van der Waals surface area contributed by atoms with Crippen LogP contribution in [0, 0.1) is 0 Å².